The third-order valence-corrected chi connectivity index (χ3v) is 12.9. The summed E-state index contributed by atoms with van der Waals surface area (Å²) in [6.07, 6.45) is 7.90. The van der Waals surface area contributed by atoms with Gasteiger partial charge in [-0.3, -0.25) is 33.6 Å². The Morgan fingerprint density at radius 3 is 2.34 bits per heavy atom. The summed E-state index contributed by atoms with van der Waals surface area (Å²) in [7, 11) is 6.96. The average Bonchev–Trinajstić information content (AvgIpc) is 3.99. The summed E-state index contributed by atoms with van der Waals surface area (Å²) < 4.78 is 9.53. The lowest BCUT2D eigenvalue weighted by atomic mass is 9.90. The van der Waals surface area contributed by atoms with Crippen LogP contribution in [0, 0.1) is 5.41 Å². The second-order valence-corrected chi connectivity index (χ2v) is 18.8. The Morgan fingerprint density at radius 1 is 0.844 bits per heavy atom. The number of carbonyl (C=O) groups excluding carboxylic acids is 3. The van der Waals surface area contributed by atoms with Crippen LogP contribution >= 0.6 is 15.9 Å². The molecule has 3 amide bonds. The number of carbonyl (C=O) groups is 3. The molecule has 64 heavy (non-hydrogen) atoms. The van der Waals surface area contributed by atoms with E-state index in [2.05, 4.69) is 68.2 Å². The number of nitrogens with zero attached hydrogens (tertiary/aromatic N) is 10. The molecule has 0 atom stereocenters. The highest BCUT2D eigenvalue weighted by Crippen LogP contribution is 2.40. The van der Waals surface area contributed by atoms with Crippen molar-refractivity contribution in [2.24, 2.45) is 19.5 Å². The monoisotopic (exact) mass is 932 g/mol. The van der Waals surface area contributed by atoms with Crippen LogP contribution in [0.4, 0.5) is 28.8 Å². The molecule has 0 fully saturated rings. The lowest BCUT2D eigenvalue weighted by Gasteiger charge is -2.31. The maximum atomic E-state index is 13.9. The fraction of sp³-hybridized carbons (Fsp3) is 0.378. The zero-order chi connectivity index (χ0) is 45.4. The standard InChI is InChI=1S/C32H36N8O3.C13H14BrN5O2/c1-6-22-23(7-8-33-29(22)39-10-9-38-25(31(39)43)12-19-14-32(2,3)15-26(19)38)20-11-24(30(42)37(5)16-20)34-27-13-21-17-36(4)28(41)18-40(21)35-27;1-17-6-9-4-11(16-19(9)7-12(17)20)15-10-3-8(14)5-18(2)13(10)21/h7-8,11-13,16H,6,9-10,14-15,17-18H2,1-5H3,(H,34,35);3-5H,6-7H2,1-2H3,(H,15,16)/p+1. The first kappa shape index (κ1) is 42.5. The summed E-state index contributed by atoms with van der Waals surface area (Å²) >= 11 is 3.37. The number of aromatic nitrogens is 8. The number of hydrogen-bond acceptors (Lipinski definition) is 9. The van der Waals surface area contributed by atoms with Gasteiger partial charge in [0.1, 0.15) is 36.0 Å². The highest BCUT2D eigenvalue weighted by Gasteiger charge is 2.38. The molecule has 19 heteroatoms. The molecule has 1 aliphatic carbocycles. The van der Waals surface area contributed by atoms with E-state index in [4.69, 9.17) is 4.98 Å². The van der Waals surface area contributed by atoms with Gasteiger partial charge in [0.2, 0.25) is 18.1 Å². The van der Waals surface area contributed by atoms with E-state index in [-0.39, 0.29) is 47.3 Å². The van der Waals surface area contributed by atoms with Crippen molar-refractivity contribution in [2.45, 2.75) is 72.8 Å². The predicted molar refractivity (Wildman–Crippen MR) is 244 cm³/mol. The Balaban J connectivity index is 0.000000207. The molecule has 4 aliphatic rings. The molecule has 10 rings (SSSR count). The molecule has 6 aromatic heterocycles. The van der Waals surface area contributed by atoms with E-state index in [1.807, 2.05) is 35.4 Å². The van der Waals surface area contributed by atoms with Gasteiger partial charge in [0.25, 0.3) is 22.9 Å². The minimum atomic E-state index is -0.196. The molecule has 6 aromatic rings. The molecule has 3 N–H and O–H groups in total. The van der Waals surface area contributed by atoms with Crippen LogP contribution in [-0.2, 0) is 75.7 Å². The summed E-state index contributed by atoms with van der Waals surface area (Å²) in [5.41, 5.74) is 8.67. The van der Waals surface area contributed by atoms with Crippen molar-refractivity contribution < 1.29 is 19.1 Å². The van der Waals surface area contributed by atoms with Crippen LogP contribution < -0.4 is 31.3 Å². The third kappa shape index (κ3) is 7.81. The lowest BCUT2D eigenvalue weighted by molar-refractivity contribution is -0.749. The zero-order valence-electron chi connectivity index (χ0n) is 37.0. The Hall–Kier alpha value is -6.76. The first-order chi connectivity index (χ1) is 30.5. The summed E-state index contributed by atoms with van der Waals surface area (Å²) in [6.45, 7) is 9.39. The molecule has 0 spiro atoms. The summed E-state index contributed by atoms with van der Waals surface area (Å²) in [5, 5.41) is 13.9. The number of likely N-dealkylation sites (N-methyl/N-ethyl adjacent to an activating group) is 2. The number of amides is 3. The number of fused-ring (bicyclic) bond motifs is 5. The van der Waals surface area contributed by atoms with Crippen LogP contribution in [0.2, 0.25) is 0 Å². The lowest BCUT2D eigenvalue weighted by Crippen LogP contribution is -2.52. The van der Waals surface area contributed by atoms with Crippen molar-refractivity contribution >= 4 is 62.5 Å². The van der Waals surface area contributed by atoms with E-state index in [1.54, 1.807) is 70.4 Å². The van der Waals surface area contributed by atoms with Gasteiger partial charge in [-0.2, -0.15) is 5.10 Å². The van der Waals surface area contributed by atoms with Gasteiger partial charge in [0.05, 0.1) is 18.3 Å². The van der Waals surface area contributed by atoms with Gasteiger partial charge in [0, 0.05) is 87.2 Å². The van der Waals surface area contributed by atoms with E-state index in [0.29, 0.717) is 54.9 Å². The normalized spacial score (nSPS) is 16.2. The Kier molecular flexibility index (Phi) is 10.7. The number of aromatic amines is 1. The summed E-state index contributed by atoms with van der Waals surface area (Å²) in [5.74, 6) is 1.89. The largest absolute Gasteiger partial charge is 0.339 e. The summed E-state index contributed by atoms with van der Waals surface area (Å²) in [6, 6.07) is 11.3. The van der Waals surface area contributed by atoms with E-state index < -0.39 is 0 Å². The van der Waals surface area contributed by atoms with Gasteiger partial charge >= 0.3 is 0 Å². The van der Waals surface area contributed by atoms with E-state index in [0.717, 1.165) is 57.6 Å². The first-order valence-electron chi connectivity index (χ1n) is 21.3. The number of pyridine rings is 3. The fourth-order valence-corrected chi connectivity index (χ4v) is 9.75. The zero-order valence-corrected chi connectivity index (χ0v) is 38.5. The number of anilines is 5. The molecule has 0 radical (unpaired) electrons. The topological polar surface area (TPSA) is 184 Å². The Morgan fingerprint density at radius 2 is 1.58 bits per heavy atom. The number of rotatable bonds is 7. The smallest absolute Gasteiger partial charge is 0.291 e. The second-order valence-electron chi connectivity index (χ2n) is 17.9. The number of H-pyrrole nitrogens is 1. The maximum Gasteiger partial charge on any atom is 0.291 e. The van der Waals surface area contributed by atoms with Gasteiger partial charge in [-0.1, -0.05) is 20.8 Å². The van der Waals surface area contributed by atoms with Crippen molar-refractivity contribution in [1.29, 1.82) is 0 Å². The summed E-state index contributed by atoms with van der Waals surface area (Å²) in [4.78, 5) is 72.7. The van der Waals surface area contributed by atoms with Crippen LogP contribution in [0.15, 0.2) is 69.1 Å². The molecule has 3 aliphatic heterocycles. The van der Waals surface area contributed by atoms with Crippen molar-refractivity contribution in [2.75, 3.05) is 36.2 Å². The minimum Gasteiger partial charge on any atom is -0.339 e. The number of hydrogen-bond donors (Lipinski definition) is 3. The van der Waals surface area contributed by atoms with E-state index in [9.17, 15) is 24.0 Å². The highest BCUT2D eigenvalue weighted by atomic mass is 79.9. The van der Waals surface area contributed by atoms with Crippen molar-refractivity contribution in [1.82, 2.24) is 43.4 Å². The SMILES string of the molecule is CCc1c(-c2cc(Nc3cc4n(n3)CC(=O)N(C)C4)c(=O)n(C)c2)ccnc1N1CCn2c(cc3c2CC(C)(C)C3)C1=O.CN1Cc2cc(Nc3cc(Br)cn(C)c3=O)[nH][n+]2CC1=O. The number of halogens is 1. The van der Waals surface area contributed by atoms with Crippen molar-refractivity contribution in [3.63, 3.8) is 0 Å². The van der Waals surface area contributed by atoms with Crippen LogP contribution in [-0.4, -0.2) is 81.7 Å². The molecule has 0 unspecified atom stereocenters. The average molecular weight is 934 g/mol. The van der Waals surface area contributed by atoms with Crippen LogP contribution in [0.25, 0.3) is 11.1 Å². The Bertz CT molecular complexity index is 3030. The van der Waals surface area contributed by atoms with Crippen LogP contribution in [0.3, 0.4) is 0 Å². The van der Waals surface area contributed by atoms with Gasteiger partial charge in [-0.15, -0.1) is 9.78 Å². The van der Waals surface area contributed by atoms with E-state index >= 15 is 0 Å². The predicted octanol–water partition coefficient (Wildman–Crippen LogP) is 3.99. The van der Waals surface area contributed by atoms with Gasteiger partial charge < -0.3 is 34.1 Å². The minimum absolute atomic E-state index is 0.00548. The quantitative estimate of drug-likeness (QED) is 0.199. The number of nitrogens with one attached hydrogen (secondary N) is 3. The Labute approximate surface area is 377 Å². The molecule has 332 valence electrons. The van der Waals surface area contributed by atoms with Gasteiger partial charge in [-0.25, -0.2) is 4.98 Å². The van der Waals surface area contributed by atoms with E-state index in [1.165, 1.54) is 15.8 Å². The first-order valence-corrected chi connectivity index (χ1v) is 22.0. The van der Waals surface area contributed by atoms with Crippen LogP contribution in [0.1, 0.15) is 59.5 Å². The molecule has 9 heterocycles. The second kappa shape index (κ2) is 16.1. The molecular formula is C45H51BrN13O5+. The molecule has 0 saturated carbocycles. The number of aryl methyl sites for hydroxylation is 2. The van der Waals surface area contributed by atoms with Gasteiger partial charge in [0.15, 0.2) is 11.6 Å². The molecule has 0 saturated heterocycles. The van der Waals surface area contributed by atoms with Crippen molar-refractivity contribution in [3.8, 4) is 11.1 Å². The van der Waals surface area contributed by atoms with Gasteiger partial charge in [-0.05, 0) is 76.0 Å². The van der Waals surface area contributed by atoms with Crippen LogP contribution in [0.5, 0.6) is 0 Å². The van der Waals surface area contributed by atoms with Crippen molar-refractivity contribution in [3.05, 3.63) is 114 Å². The molecule has 18 nitrogen and oxygen atoms in total. The fourth-order valence-electron chi connectivity index (χ4n) is 9.22. The molecular weight excluding hydrogens is 882 g/mol. The molecule has 0 aromatic carbocycles. The molecule has 0 bridgehead atoms. The maximum absolute atomic E-state index is 13.9. The third-order valence-electron chi connectivity index (χ3n) is 12.4. The highest BCUT2D eigenvalue weighted by molar-refractivity contribution is 9.10.